The van der Waals surface area contributed by atoms with E-state index in [1.807, 2.05) is 27.7 Å². The van der Waals surface area contributed by atoms with Crippen molar-refractivity contribution in [1.29, 1.82) is 5.26 Å². The summed E-state index contributed by atoms with van der Waals surface area (Å²) in [5, 5.41) is 9.03. The molecule has 222 valence electrons. The Morgan fingerprint density at radius 1 is 0.842 bits per heavy atom. The van der Waals surface area contributed by atoms with Crippen LogP contribution in [-0.4, -0.2) is 53.1 Å². The van der Waals surface area contributed by atoms with Crippen molar-refractivity contribution in [1.82, 2.24) is 4.67 Å². The molecule has 0 amide bonds. The summed E-state index contributed by atoms with van der Waals surface area (Å²) in [4.78, 5) is 24.6. The standard InChI is InChI=1S/C29H55N2O6P/c1-20(2)18-27(9,10)25(35-23(7)32)26(36-24(8)33)28(11,12)19-29(13,14)37-38(34-17-15-16-30)31(21(3)4)22(5)6/h20-22,25-26H,15,17-19H2,1-14H3. The van der Waals surface area contributed by atoms with Crippen molar-refractivity contribution >= 4 is 20.5 Å². The molecule has 0 bridgehead atoms. The number of ether oxygens (including phenoxy) is 2. The average Bonchev–Trinajstić information content (AvgIpc) is 2.67. The predicted octanol–water partition coefficient (Wildman–Crippen LogP) is 7.41. The van der Waals surface area contributed by atoms with Gasteiger partial charge in [0.15, 0.2) is 0 Å². The maximum Gasteiger partial charge on any atom is 0.303 e. The van der Waals surface area contributed by atoms with Crippen molar-refractivity contribution < 1.29 is 28.1 Å². The first-order chi connectivity index (χ1) is 17.2. The zero-order valence-corrected chi connectivity index (χ0v) is 27.4. The second-order valence-electron chi connectivity index (χ2n) is 13.2. The van der Waals surface area contributed by atoms with Crippen LogP contribution in [0.4, 0.5) is 0 Å². The Morgan fingerprint density at radius 2 is 1.29 bits per heavy atom. The number of hydrogen-bond donors (Lipinski definition) is 0. The second-order valence-corrected chi connectivity index (χ2v) is 14.6. The van der Waals surface area contributed by atoms with Crippen LogP contribution >= 0.6 is 8.53 Å². The van der Waals surface area contributed by atoms with E-state index in [1.165, 1.54) is 13.8 Å². The number of nitrogens with zero attached hydrogens (tertiary/aromatic N) is 2. The van der Waals surface area contributed by atoms with Crippen molar-refractivity contribution in [2.75, 3.05) is 6.61 Å². The minimum atomic E-state index is -1.47. The average molecular weight is 559 g/mol. The van der Waals surface area contributed by atoms with Crippen LogP contribution in [0.1, 0.15) is 116 Å². The van der Waals surface area contributed by atoms with E-state index >= 15 is 0 Å². The van der Waals surface area contributed by atoms with Crippen LogP contribution in [0, 0.1) is 28.1 Å². The summed E-state index contributed by atoms with van der Waals surface area (Å²) in [6, 6.07) is 2.48. The SMILES string of the molecule is CC(=O)OC(C(OC(C)=O)C(C)(C)CC(C)(C)OP(OCCC#N)N(C(C)C)C(C)C)C(C)(C)CC(C)C. The van der Waals surface area contributed by atoms with Gasteiger partial charge >= 0.3 is 11.9 Å². The Kier molecular flexibility index (Phi) is 15.0. The third kappa shape index (κ3) is 12.7. The van der Waals surface area contributed by atoms with Crippen molar-refractivity contribution in [2.45, 2.75) is 146 Å². The summed E-state index contributed by atoms with van der Waals surface area (Å²) in [6.45, 7) is 27.9. The Morgan fingerprint density at radius 3 is 1.66 bits per heavy atom. The van der Waals surface area contributed by atoms with Gasteiger partial charge in [-0.05, 0) is 60.3 Å². The first kappa shape index (κ1) is 36.7. The van der Waals surface area contributed by atoms with Crippen LogP contribution in [-0.2, 0) is 28.1 Å². The van der Waals surface area contributed by atoms with Crippen LogP contribution in [0.5, 0.6) is 0 Å². The molecule has 0 spiro atoms. The molecule has 8 nitrogen and oxygen atoms in total. The molecule has 0 heterocycles. The normalized spacial score (nSPS) is 15.5. The smallest absolute Gasteiger partial charge is 0.303 e. The summed E-state index contributed by atoms with van der Waals surface area (Å²) in [5.74, 6) is -0.475. The molecule has 0 aromatic heterocycles. The zero-order valence-electron chi connectivity index (χ0n) is 26.5. The molecule has 0 radical (unpaired) electrons. The summed E-state index contributed by atoms with van der Waals surface area (Å²) in [5.41, 5.74) is -1.76. The van der Waals surface area contributed by atoms with Gasteiger partial charge in [-0.1, -0.05) is 41.5 Å². The summed E-state index contributed by atoms with van der Waals surface area (Å²) in [6.07, 6.45) is 0.222. The largest absolute Gasteiger partial charge is 0.458 e. The molecule has 0 rings (SSSR count). The molecule has 0 aliphatic heterocycles. The Bertz CT molecular complexity index is 780. The van der Waals surface area contributed by atoms with Gasteiger partial charge < -0.3 is 18.5 Å². The van der Waals surface area contributed by atoms with Crippen LogP contribution < -0.4 is 0 Å². The predicted molar refractivity (Wildman–Crippen MR) is 153 cm³/mol. The number of carbonyl (C=O) groups is 2. The van der Waals surface area contributed by atoms with Crippen molar-refractivity contribution in [2.24, 2.45) is 16.7 Å². The highest BCUT2D eigenvalue weighted by molar-refractivity contribution is 7.44. The first-order valence-electron chi connectivity index (χ1n) is 13.8. The second kappa shape index (κ2) is 15.5. The maximum atomic E-state index is 12.3. The third-order valence-corrected chi connectivity index (χ3v) is 8.56. The van der Waals surface area contributed by atoms with Crippen molar-refractivity contribution in [3.05, 3.63) is 0 Å². The quantitative estimate of drug-likeness (QED) is 0.103. The van der Waals surface area contributed by atoms with Crippen molar-refractivity contribution in [3.63, 3.8) is 0 Å². The van der Waals surface area contributed by atoms with E-state index in [0.717, 1.165) is 6.42 Å². The molecule has 3 unspecified atom stereocenters. The van der Waals surface area contributed by atoms with E-state index in [4.69, 9.17) is 23.8 Å². The molecule has 0 aliphatic rings. The summed E-state index contributed by atoms with van der Waals surface area (Å²) < 4.78 is 26.9. The van der Waals surface area contributed by atoms with E-state index in [0.29, 0.717) is 12.3 Å². The van der Waals surface area contributed by atoms with Gasteiger partial charge in [0.1, 0.15) is 12.2 Å². The molecule has 0 aromatic rings. The molecule has 3 atom stereocenters. The van der Waals surface area contributed by atoms with Gasteiger partial charge in [-0.15, -0.1) is 0 Å². The lowest BCUT2D eigenvalue weighted by atomic mass is 9.68. The Hall–Kier alpha value is -1.26. The van der Waals surface area contributed by atoms with Gasteiger partial charge in [0, 0.05) is 36.8 Å². The maximum absolute atomic E-state index is 12.3. The summed E-state index contributed by atoms with van der Waals surface area (Å²) in [7, 11) is -1.47. The molecule has 0 saturated carbocycles. The fourth-order valence-electron chi connectivity index (χ4n) is 5.51. The fraction of sp³-hybridized carbons (Fsp3) is 0.897. The van der Waals surface area contributed by atoms with Gasteiger partial charge in [-0.25, -0.2) is 4.67 Å². The third-order valence-electron chi connectivity index (χ3n) is 6.20. The van der Waals surface area contributed by atoms with E-state index in [9.17, 15) is 9.59 Å². The Balaban J connectivity index is 6.37. The monoisotopic (exact) mass is 558 g/mol. The molecular formula is C29H55N2O6P. The van der Waals surface area contributed by atoms with Crippen molar-refractivity contribution in [3.8, 4) is 6.07 Å². The van der Waals surface area contributed by atoms with E-state index in [1.54, 1.807) is 0 Å². The molecule has 9 heteroatoms. The zero-order chi connectivity index (χ0) is 30.1. The molecule has 0 aromatic carbocycles. The highest BCUT2D eigenvalue weighted by Gasteiger charge is 2.50. The lowest BCUT2D eigenvalue weighted by molar-refractivity contribution is -0.193. The van der Waals surface area contributed by atoms with E-state index < -0.39 is 49.1 Å². The fourth-order valence-corrected chi connectivity index (χ4v) is 7.28. The first-order valence-corrected chi connectivity index (χ1v) is 14.9. The van der Waals surface area contributed by atoms with Gasteiger partial charge in [0.2, 0.25) is 0 Å². The van der Waals surface area contributed by atoms with Crippen LogP contribution in [0.3, 0.4) is 0 Å². The minimum Gasteiger partial charge on any atom is -0.458 e. The lowest BCUT2D eigenvalue weighted by Gasteiger charge is -2.47. The molecule has 0 N–H and O–H groups in total. The number of rotatable bonds is 17. The van der Waals surface area contributed by atoms with Crippen LogP contribution in [0.25, 0.3) is 0 Å². The number of esters is 2. The molecule has 38 heavy (non-hydrogen) atoms. The highest BCUT2D eigenvalue weighted by atomic mass is 31.2. The topological polar surface area (TPSA) is 98.1 Å². The number of hydrogen-bond acceptors (Lipinski definition) is 8. The molecular weight excluding hydrogens is 503 g/mol. The molecule has 0 aliphatic carbocycles. The Labute approximate surface area is 234 Å². The lowest BCUT2D eigenvalue weighted by Crippen LogP contribution is -2.53. The minimum absolute atomic E-state index is 0.172. The number of carbonyl (C=O) groups excluding carboxylic acids is 2. The molecule has 0 saturated heterocycles. The van der Waals surface area contributed by atoms with E-state index in [2.05, 4.69) is 66.1 Å². The highest BCUT2D eigenvalue weighted by Crippen LogP contribution is 2.52. The number of nitriles is 1. The summed E-state index contributed by atoms with van der Waals surface area (Å²) >= 11 is 0. The van der Waals surface area contributed by atoms with Crippen LogP contribution in [0.2, 0.25) is 0 Å². The van der Waals surface area contributed by atoms with Gasteiger partial charge in [-0.3, -0.25) is 9.59 Å². The van der Waals surface area contributed by atoms with Gasteiger partial charge in [-0.2, -0.15) is 5.26 Å². The van der Waals surface area contributed by atoms with Gasteiger partial charge in [0.05, 0.1) is 24.7 Å². The van der Waals surface area contributed by atoms with E-state index in [-0.39, 0.29) is 25.1 Å². The molecule has 0 fully saturated rings. The van der Waals surface area contributed by atoms with Gasteiger partial charge in [0.25, 0.3) is 8.53 Å². The van der Waals surface area contributed by atoms with Crippen LogP contribution in [0.15, 0.2) is 0 Å².